The average molecular weight is 140 g/mol. The summed E-state index contributed by atoms with van der Waals surface area (Å²) in [6, 6.07) is 0. The van der Waals surface area contributed by atoms with Gasteiger partial charge in [0.15, 0.2) is 0 Å². The largest absolute Gasteiger partial charge is 0.321 e. The Morgan fingerprint density at radius 2 is 2.50 bits per heavy atom. The molecule has 0 fully saturated rings. The molecule has 0 atom stereocenters. The molecule has 4 N–H and O–H groups in total. The van der Waals surface area contributed by atoms with Gasteiger partial charge in [0.1, 0.15) is 0 Å². The lowest BCUT2D eigenvalue weighted by atomic mass is 10.6. The predicted octanol–water partition coefficient (Wildman–Crippen LogP) is -1.15. The number of rotatable bonds is 1. The van der Waals surface area contributed by atoms with Crippen LogP contribution in [-0.2, 0) is 0 Å². The highest BCUT2D eigenvalue weighted by Gasteiger charge is 2.05. The molecule has 1 aromatic heterocycles. The van der Waals surface area contributed by atoms with Crippen molar-refractivity contribution in [2.75, 3.05) is 0 Å². The molecule has 52 valence electrons. The number of hydrogen-bond acceptors (Lipinski definition) is 6. The molecule has 0 saturated carbocycles. The minimum atomic E-state index is -0.0613. The van der Waals surface area contributed by atoms with E-state index in [9.17, 15) is 0 Å². The van der Waals surface area contributed by atoms with Gasteiger partial charge in [-0.15, -0.1) is 15.3 Å². The van der Waals surface area contributed by atoms with E-state index in [2.05, 4.69) is 30.8 Å². The normalized spacial score (nSPS) is 11.4. The monoisotopic (exact) mass is 140 g/mol. The number of nitrogens with zero attached hydrogens (tertiary/aromatic N) is 5. The molecule has 1 heterocycles. The lowest BCUT2D eigenvalue weighted by Crippen LogP contribution is -2.02. The second-order valence-electron chi connectivity index (χ2n) is 1.30. The molecule has 8 nitrogen and oxygen atoms in total. The molecule has 0 unspecified atom stereocenters. The number of hydrogen-bond donors (Lipinski definition) is 3. The van der Waals surface area contributed by atoms with Gasteiger partial charge in [-0.2, -0.15) is 10.3 Å². The summed E-state index contributed by atoms with van der Waals surface area (Å²) in [4.78, 5) is 0. The van der Waals surface area contributed by atoms with Crippen LogP contribution in [0.15, 0.2) is 10.2 Å². The van der Waals surface area contributed by atoms with E-state index in [1.807, 2.05) is 0 Å². The summed E-state index contributed by atoms with van der Waals surface area (Å²) in [5.41, 5.74) is 6.53. The Balaban J connectivity index is 2.95. The molecule has 0 amide bonds. The van der Waals surface area contributed by atoms with Gasteiger partial charge in [0.05, 0.1) is 0 Å². The third-order valence-corrected chi connectivity index (χ3v) is 0.774. The van der Waals surface area contributed by atoms with Crippen LogP contribution < -0.4 is 5.84 Å². The quantitative estimate of drug-likeness (QED) is 0.149. The highest BCUT2D eigenvalue weighted by molar-refractivity contribution is 5.94. The molecule has 1 rings (SSSR count). The smallest absolute Gasteiger partial charge is 0.245 e. The first-order chi connectivity index (χ1) is 4.88. The van der Waals surface area contributed by atoms with Crippen LogP contribution in [0.3, 0.4) is 0 Å². The predicted molar refractivity (Wildman–Crippen MR) is 30.0 cm³/mol. The first-order valence-electron chi connectivity index (χ1n) is 2.27. The highest BCUT2D eigenvalue weighted by atomic mass is 15.5. The van der Waals surface area contributed by atoms with E-state index >= 15 is 0 Å². The van der Waals surface area contributed by atoms with Crippen molar-refractivity contribution < 1.29 is 0 Å². The number of tetrazole rings is 1. The van der Waals surface area contributed by atoms with Crippen LogP contribution in [0.25, 0.3) is 0 Å². The van der Waals surface area contributed by atoms with E-state index < -0.39 is 0 Å². The van der Waals surface area contributed by atoms with Crippen molar-refractivity contribution >= 4 is 5.84 Å². The summed E-state index contributed by atoms with van der Waals surface area (Å²) in [5, 5.41) is 18.4. The lowest BCUT2D eigenvalue weighted by molar-refractivity contribution is 0.881. The molecule has 0 bridgehead atoms. The maximum absolute atomic E-state index is 6.53. The highest BCUT2D eigenvalue weighted by Crippen LogP contribution is 1.87. The van der Waals surface area contributed by atoms with Gasteiger partial charge in [0, 0.05) is 0 Å². The van der Waals surface area contributed by atoms with Crippen LogP contribution in [0.4, 0.5) is 0 Å². The molecule has 0 aliphatic rings. The summed E-state index contributed by atoms with van der Waals surface area (Å²) in [7, 11) is 0. The van der Waals surface area contributed by atoms with Gasteiger partial charge in [-0.05, 0) is 5.21 Å². The molecule has 0 radical (unpaired) electrons. The zero-order valence-electron chi connectivity index (χ0n) is 4.81. The molecular weight excluding hydrogens is 136 g/mol. The van der Waals surface area contributed by atoms with E-state index in [-0.39, 0.29) is 11.7 Å². The van der Waals surface area contributed by atoms with E-state index in [4.69, 9.17) is 11.4 Å². The summed E-state index contributed by atoms with van der Waals surface area (Å²) in [6.07, 6.45) is 0. The van der Waals surface area contributed by atoms with Gasteiger partial charge in [-0.25, -0.2) is 5.53 Å². The van der Waals surface area contributed by atoms with Crippen molar-refractivity contribution in [1.82, 2.24) is 20.6 Å². The minimum absolute atomic E-state index is 0.0613. The van der Waals surface area contributed by atoms with Crippen molar-refractivity contribution in [3.63, 3.8) is 0 Å². The van der Waals surface area contributed by atoms with Crippen molar-refractivity contribution in [3.8, 4) is 0 Å². The zero-order chi connectivity index (χ0) is 7.40. The second kappa shape index (κ2) is 2.62. The molecule has 8 heteroatoms. The SMILES string of the molecule is N=N/C(=N\N)c1nn[nH]n1. The van der Waals surface area contributed by atoms with Crippen LogP contribution in [-0.4, -0.2) is 26.5 Å². The molecule has 0 aliphatic heterocycles. The topological polar surface area (TPSA) is 129 Å². The van der Waals surface area contributed by atoms with Crippen LogP contribution >= 0.6 is 0 Å². The van der Waals surface area contributed by atoms with Crippen molar-refractivity contribution in [2.24, 2.45) is 16.1 Å². The van der Waals surface area contributed by atoms with E-state index in [0.717, 1.165) is 0 Å². The summed E-state index contributed by atoms with van der Waals surface area (Å²) in [6.45, 7) is 0. The Bertz CT molecular complexity index is 232. The van der Waals surface area contributed by atoms with E-state index in [1.165, 1.54) is 0 Å². The maximum atomic E-state index is 6.53. The van der Waals surface area contributed by atoms with Crippen LogP contribution in [0.2, 0.25) is 0 Å². The molecule has 1 aromatic rings. The number of amidine groups is 1. The summed E-state index contributed by atoms with van der Waals surface area (Å²) < 4.78 is 0. The Kier molecular flexibility index (Phi) is 1.64. The molecule has 0 saturated heterocycles. The number of hydrazone groups is 1. The Labute approximate surface area is 55.0 Å². The average Bonchev–Trinajstić information content (AvgIpc) is 2.43. The molecule has 10 heavy (non-hydrogen) atoms. The standard InChI is InChI=1S/C2H4N8/c3-5-1(6-4)2-7-9-10-8-2/h3H,4H2,(H,7,8,9,10)/b5-3?,6-1-. The summed E-state index contributed by atoms with van der Waals surface area (Å²) >= 11 is 0. The first kappa shape index (κ1) is 6.26. The van der Waals surface area contributed by atoms with Crippen LogP contribution in [0, 0.1) is 5.53 Å². The van der Waals surface area contributed by atoms with E-state index in [0.29, 0.717) is 0 Å². The molecule has 0 aromatic carbocycles. The Morgan fingerprint density at radius 1 is 1.70 bits per heavy atom. The second-order valence-corrected chi connectivity index (χ2v) is 1.30. The van der Waals surface area contributed by atoms with Gasteiger partial charge >= 0.3 is 0 Å². The molecular formula is C2H4N8. The molecule has 0 spiro atoms. The lowest BCUT2D eigenvalue weighted by Gasteiger charge is -1.83. The number of H-pyrrole nitrogens is 1. The fourth-order valence-corrected chi connectivity index (χ4v) is 0.393. The van der Waals surface area contributed by atoms with Gasteiger partial charge in [0.25, 0.3) is 0 Å². The fourth-order valence-electron chi connectivity index (χ4n) is 0.393. The van der Waals surface area contributed by atoms with Crippen LogP contribution in [0.1, 0.15) is 5.82 Å². The number of aromatic amines is 1. The van der Waals surface area contributed by atoms with Gasteiger partial charge in [0.2, 0.25) is 11.7 Å². The van der Waals surface area contributed by atoms with Crippen molar-refractivity contribution in [3.05, 3.63) is 5.82 Å². The Hall–Kier alpha value is -1.86. The van der Waals surface area contributed by atoms with Crippen LogP contribution in [0.5, 0.6) is 0 Å². The zero-order valence-corrected chi connectivity index (χ0v) is 4.81. The molecule has 0 aliphatic carbocycles. The number of nitrogens with one attached hydrogen (secondary N) is 2. The van der Waals surface area contributed by atoms with Gasteiger partial charge in [-0.1, -0.05) is 0 Å². The third-order valence-electron chi connectivity index (χ3n) is 0.774. The third kappa shape index (κ3) is 0.940. The van der Waals surface area contributed by atoms with Crippen molar-refractivity contribution in [1.29, 1.82) is 5.53 Å². The first-order valence-corrected chi connectivity index (χ1v) is 2.27. The fraction of sp³-hybridized carbons (Fsp3) is 0. The van der Waals surface area contributed by atoms with E-state index in [1.54, 1.807) is 0 Å². The summed E-state index contributed by atoms with van der Waals surface area (Å²) in [5.74, 6) is 4.87. The maximum Gasteiger partial charge on any atom is 0.245 e. The minimum Gasteiger partial charge on any atom is -0.321 e. The van der Waals surface area contributed by atoms with Crippen molar-refractivity contribution in [2.45, 2.75) is 0 Å². The van der Waals surface area contributed by atoms with Gasteiger partial charge < -0.3 is 5.84 Å². The number of aromatic nitrogens is 4. The Morgan fingerprint density at radius 3 is 2.90 bits per heavy atom. The van der Waals surface area contributed by atoms with Gasteiger partial charge in [-0.3, -0.25) is 0 Å². The number of nitrogens with two attached hydrogens (primary N) is 1.